The lowest BCUT2D eigenvalue weighted by molar-refractivity contribution is -0.140. The van der Waals surface area contributed by atoms with Gasteiger partial charge in [-0.05, 0) is 67.1 Å². The van der Waals surface area contributed by atoms with Crippen LogP contribution in [0.2, 0.25) is 0 Å². The third-order valence-electron chi connectivity index (χ3n) is 6.76. The molecule has 0 N–H and O–H groups in total. The minimum Gasteiger partial charge on any atom is -0.300 e. The number of anilines is 1. The van der Waals surface area contributed by atoms with Crippen molar-refractivity contribution in [2.24, 2.45) is 0 Å². The van der Waals surface area contributed by atoms with E-state index < -0.39 is 51.9 Å². The number of rotatable bonds is 8. The summed E-state index contributed by atoms with van der Waals surface area (Å²) >= 11 is 6.72. The van der Waals surface area contributed by atoms with Gasteiger partial charge in [-0.25, -0.2) is 17.1 Å². The van der Waals surface area contributed by atoms with E-state index in [9.17, 15) is 35.6 Å². The Morgan fingerprint density at radius 2 is 1.45 bits per heavy atom. The Balaban J connectivity index is 1.89. The first-order valence-corrected chi connectivity index (χ1v) is 15.9. The van der Waals surface area contributed by atoms with E-state index in [1.165, 1.54) is 36.4 Å². The Morgan fingerprint density at radius 1 is 0.864 bits per heavy atom. The van der Waals surface area contributed by atoms with Gasteiger partial charge in [0.1, 0.15) is 5.82 Å². The molecular formula is C31H24Br2F4N2O4S. The lowest BCUT2D eigenvalue weighted by Gasteiger charge is -2.33. The second-order valence-electron chi connectivity index (χ2n) is 9.81. The Kier molecular flexibility index (Phi) is 10.0. The highest BCUT2D eigenvalue weighted by molar-refractivity contribution is 9.11. The highest BCUT2D eigenvalue weighted by Gasteiger charge is 2.37. The van der Waals surface area contributed by atoms with Gasteiger partial charge in [0.25, 0.3) is 15.9 Å². The predicted molar refractivity (Wildman–Crippen MR) is 165 cm³/mol. The van der Waals surface area contributed by atoms with Crippen LogP contribution >= 0.6 is 31.9 Å². The number of amides is 2. The van der Waals surface area contributed by atoms with Crippen molar-refractivity contribution in [1.29, 1.82) is 0 Å². The van der Waals surface area contributed by atoms with Crippen molar-refractivity contribution >= 4 is 59.4 Å². The summed E-state index contributed by atoms with van der Waals surface area (Å²) in [6, 6.07) is 19.1. The molecule has 0 unspecified atom stereocenters. The summed E-state index contributed by atoms with van der Waals surface area (Å²) in [5, 5.41) is 0. The monoisotopic (exact) mass is 754 g/mol. The number of carbonyl (C=O) groups excluding carboxylic acids is 2. The Hall–Kier alpha value is -3.55. The molecule has 0 saturated heterocycles. The van der Waals surface area contributed by atoms with Crippen molar-refractivity contribution in [2.75, 3.05) is 11.9 Å². The molecule has 4 rings (SSSR count). The van der Waals surface area contributed by atoms with Crippen molar-refractivity contribution in [2.45, 2.75) is 30.5 Å². The Labute approximate surface area is 268 Å². The number of hydrogen-bond donors (Lipinski definition) is 0. The average Bonchev–Trinajstić information content (AvgIpc) is 2.95. The first-order chi connectivity index (χ1) is 20.6. The third-order valence-corrected chi connectivity index (χ3v) is 9.47. The van der Waals surface area contributed by atoms with Gasteiger partial charge in [0.05, 0.1) is 22.9 Å². The predicted octanol–water partition coefficient (Wildman–Crippen LogP) is 8.30. The maximum Gasteiger partial charge on any atom is 0.419 e. The molecule has 0 bridgehead atoms. The van der Waals surface area contributed by atoms with Crippen LogP contribution in [0, 0.1) is 12.7 Å². The molecule has 0 radical (unpaired) electrons. The fourth-order valence-electron chi connectivity index (χ4n) is 4.46. The maximum absolute atomic E-state index is 14.9. The first-order valence-electron chi connectivity index (χ1n) is 12.9. The van der Waals surface area contributed by atoms with E-state index >= 15 is 0 Å². The molecule has 4 aromatic carbocycles. The van der Waals surface area contributed by atoms with Gasteiger partial charge in [-0.3, -0.25) is 9.59 Å². The molecule has 6 nitrogen and oxygen atoms in total. The molecule has 0 aliphatic carbocycles. The molecule has 230 valence electrons. The maximum atomic E-state index is 14.9. The van der Waals surface area contributed by atoms with Gasteiger partial charge < -0.3 is 4.90 Å². The third kappa shape index (κ3) is 7.39. The van der Waals surface area contributed by atoms with E-state index in [0.717, 1.165) is 23.6 Å². The van der Waals surface area contributed by atoms with Crippen LogP contribution in [0.3, 0.4) is 0 Å². The smallest absolute Gasteiger partial charge is 0.300 e. The van der Waals surface area contributed by atoms with E-state index in [2.05, 4.69) is 31.9 Å². The van der Waals surface area contributed by atoms with Crippen LogP contribution in [-0.2, 0) is 21.0 Å². The molecule has 0 saturated carbocycles. The van der Waals surface area contributed by atoms with Crippen LogP contribution in [0.25, 0.3) is 0 Å². The quantitative estimate of drug-likeness (QED) is 0.170. The van der Waals surface area contributed by atoms with Gasteiger partial charge in [-0.1, -0.05) is 73.8 Å². The van der Waals surface area contributed by atoms with Gasteiger partial charge in [0.15, 0.2) is 0 Å². The van der Waals surface area contributed by atoms with Gasteiger partial charge in [-0.2, -0.15) is 13.2 Å². The fourth-order valence-corrected chi connectivity index (χ4v) is 6.87. The van der Waals surface area contributed by atoms with Gasteiger partial charge in [0.2, 0.25) is 5.91 Å². The zero-order valence-corrected chi connectivity index (χ0v) is 27.1. The van der Waals surface area contributed by atoms with Crippen molar-refractivity contribution < 1.29 is 35.6 Å². The lowest BCUT2D eigenvalue weighted by atomic mass is 9.97. The van der Waals surface area contributed by atoms with E-state index in [1.54, 1.807) is 43.3 Å². The Bertz CT molecular complexity index is 1780. The molecule has 0 spiro atoms. The highest BCUT2D eigenvalue weighted by Crippen LogP contribution is 2.38. The average molecular weight is 756 g/mol. The molecule has 1 atom stereocenters. The molecule has 0 aliphatic heterocycles. The number of sulfonamides is 1. The molecule has 0 aliphatic rings. The summed E-state index contributed by atoms with van der Waals surface area (Å²) < 4.78 is 83.4. The second-order valence-corrected chi connectivity index (χ2v) is 13.6. The van der Waals surface area contributed by atoms with E-state index in [-0.39, 0.29) is 21.7 Å². The summed E-state index contributed by atoms with van der Waals surface area (Å²) in [7, 11) is -3.31. The standard InChI is InChI=1S/C31H24Br2F4N2O4S/c1-19-8-11-25(12-9-19)44(42,43)38(2)29(40)18-28(21-10-13-26(27(34)14-21)31(35,36)37)39(24-16-22(32)15-23(33)17-24)30(41)20-6-4-3-5-7-20/h3-17,28H,18H2,1-2H3/t28-/m1/s1. The van der Waals surface area contributed by atoms with Crippen molar-refractivity contribution in [3.63, 3.8) is 0 Å². The number of alkyl halides is 3. The van der Waals surface area contributed by atoms with Crippen LogP contribution < -0.4 is 4.90 Å². The summed E-state index contributed by atoms with van der Waals surface area (Å²) in [6.45, 7) is 1.76. The summed E-state index contributed by atoms with van der Waals surface area (Å²) in [5.74, 6) is -3.27. The molecule has 0 heterocycles. The molecule has 0 aromatic heterocycles. The van der Waals surface area contributed by atoms with Crippen molar-refractivity contribution in [3.05, 3.63) is 128 Å². The van der Waals surface area contributed by atoms with Crippen molar-refractivity contribution in [3.8, 4) is 0 Å². The number of halogens is 6. The zero-order chi connectivity index (χ0) is 32.4. The molecule has 13 heteroatoms. The minimum atomic E-state index is -5.00. The number of hydrogen-bond acceptors (Lipinski definition) is 4. The lowest BCUT2D eigenvalue weighted by Crippen LogP contribution is -2.40. The largest absolute Gasteiger partial charge is 0.419 e. The SMILES string of the molecule is Cc1ccc(S(=O)(=O)N(C)C(=O)C[C@H](c2ccc(C(F)(F)F)c(F)c2)N(C(=O)c2ccccc2)c2cc(Br)cc(Br)c2)cc1. The van der Waals surface area contributed by atoms with E-state index in [4.69, 9.17) is 0 Å². The van der Waals surface area contributed by atoms with E-state index in [1.807, 2.05) is 0 Å². The van der Waals surface area contributed by atoms with Gasteiger partial charge in [-0.15, -0.1) is 0 Å². The topological polar surface area (TPSA) is 74.8 Å². The number of carbonyl (C=O) groups is 2. The molecule has 4 aromatic rings. The van der Waals surface area contributed by atoms with E-state index in [0.29, 0.717) is 25.4 Å². The van der Waals surface area contributed by atoms with Gasteiger partial charge in [0, 0.05) is 27.2 Å². The zero-order valence-electron chi connectivity index (χ0n) is 23.1. The molecule has 0 fully saturated rings. The number of aryl methyl sites for hydroxylation is 1. The number of nitrogens with zero attached hydrogens (tertiary/aromatic N) is 2. The Morgan fingerprint density at radius 3 is 2.00 bits per heavy atom. The molecular weight excluding hydrogens is 732 g/mol. The minimum absolute atomic E-state index is 0.161. The van der Waals surface area contributed by atoms with Crippen LogP contribution in [0.4, 0.5) is 23.2 Å². The summed E-state index contributed by atoms with van der Waals surface area (Å²) in [4.78, 5) is 28.7. The second kappa shape index (κ2) is 13.2. The summed E-state index contributed by atoms with van der Waals surface area (Å²) in [5.41, 5.74) is -0.546. The number of benzene rings is 4. The van der Waals surface area contributed by atoms with Crippen LogP contribution in [-0.4, -0.2) is 31.6 Å². The van der Waals surface area contributed by atoms with Crippen LogP contribution in [0.15, 0.2) is 105 Å². The fraction of sp³-hybridized carbons (Fsp3) is 0.161. The molecule has 2 amide bonds. The first kappa shape index (κ1) is 33.3. The van der Waals surface area contributed by atoms with Crippen LogP contribution in [0.5, 0.6) is 0 Å². The normalized spacial score (nSPS) is 12.5. The summed E-state index contributed by atoms with van der Waals surface area (Å²) in [6.07, 6.45) is -5.72. The highest BCUT2D eigenvalue weighted by atomic mass is 79.9. The van der Waals surface area contributed by atoms with Crippen LogP contribution in [0.1, 0.15) is 39.5 Å². The molecule has 44 heavy (non-hydrogen) atoms. The van der Waals surface area contributed by atoms with Crippen molar-refractivity contribution in [1.82, 2.24) is 4.31 Å². The van der Waals surface area contributed by atoms with Gasteiger partial charge >= 0.3 is 6.18 Å².